The molecule has 2 rings (SSSR count). The van der Waals surface area contributed by atoms with Gasteiger partial charge >= 0.3 is 0 Å². The number of nitrogens with one attached hydrogen (secondary N) is 1. The molecule has 6 heteroatoms. The van der Waals surface area contributed by atoms with E-state index in [0.717, 1.165) is 24.5 Å². The molecule has 142 valence electrons. The molecule has 6 nitrogen and oxygen atoms in total. The fourth-order valence-electron chi connectivity index (χ4n) is 2.72. The van der Waals surface area contributed by atoms with E-state index >= 15 is 0 Å². The fourth-order valence-corrected chi connectivity index (χ4v) is 2.72. The molecule has 0 unspecified atom stereocenters. The topological polar surface area (TPSA) is 76.2 Å². The van der Waals surface area contributed by atoms with Gasteiger partial charge in [0.15, 0.2) is 0 Å². The molecule has 0 aliphatic carbocycles. The molecule has 0 spiro atoms. The van der Waals surface area contributed by atoms with Crippen molar-refractivity contribution in [3.05, 3.63) is 47.7 Å². The molecule has 0 atom stereocenters. The first-order valence-electron chi connectivity index (χ1n) is 9.10. The van der Waals surface area contributed by atoms with Gasteiger partial charge in [-0.2, -0.15) is 5.10 Å². The molecular formula is C20H31N5O. The van der Waals surface area contributed by atoms with E-state index in [1.54, 1.807) is 4.68 Å². The minimum Gasteiger partial charge on any atom is -0.329 e. The number of amides is 1. The number of carbonyl (C=O) groups is 1. The quantitative estimate of drug-likeness (QED) is 0.759. The molecular weight excluding hydrogens is 326 g/mol. The SMILES string of the molecule is Cn1nc(C(C)(C)C)cc1NC(=O)CN(CCN)CCc1ccccc1. The number of rotatable bonds is 8. The first-order valence-corrected chi connectivity index (χ1v) is 9.10. The van der Waals surface area contributed by atoms with E-state index in [9.17, 15) is 4.79 Å². The standard InChI is InChI=1S/C20H31N5O/c1-20(2,3)17-14-18(24(4)23-17)22-19(26)15-25(13-11-21)12-10-16-8-6-5-7-9-16/h5-9,14H,10-13,15,21H2,1-4H3,(H,22,26). The smallest absolute Gasteiger partial charge is 0.239 e. The second-order valence-electron chi connectivity index (χ2n) is 7.64. The molecule has 0 bridgehead atoms. The molecule has 0 saturated carbocycles. The number of hydrogen-bond donors (Lipinski definition) is 2. The van der Waals surface area contributed by atoms with Crippen molar-refractivity contribution in [2.24, 2.45) is 12.8 Å². The molecule has 1 aromatic carbocycles. The number of benzene rings is 1. The highest BCUT2D eigenvalue weighted by molar-refractivity contribution is 5.91. The minimum atomic E-state index is -0.0536. The summed E-state index contributed by atoms with van der Waals surface area (Å²) in [4.78, 5) is 14.6. The van der Waals surface area contributed by atoms with E-state index in [0.29, 0.717) is 19.6 Å². The first kappa shape index (κ1) is 20.1. The molecule has 0 fully saturated rings. The average Bonchev–Trinajstić information content (AvgIpc) is 2.95. The molecule has 0 saturated heterocycles. The molecule has 0 radical (unpaired) electrons. The number of carbonyl (C=O) groups excluding carboxylic acids is 1. The van der Waals surface area contributed by atoms with E-state index in [2.05, 4.69) is 48.2 Å². The number of nitrogens with zero attached hydrogens (tertiary/aromatic N) is 3. The van der Waals surface area contributed by atoms with E-state index in [4.69, 9.17) is 5.73 Å². The lowest BCUT2D eigenvalue weighted by atomic mass is 9.92. The monoisotopic (exact) mass is 357 g/mol. The summed E-state index contributed by atoms with van der Waals surface area (Å²) in [5, 5.41) is 7.46. The number of aromatic nitrogens is 2. The normalized spacial score (nSPS) is 11.8. The Morgan fingerprint density at radius 2 is 1.92 bits per heavy atom. The molecule has 1 aromatic heterocycles. The molecule has 2 aromatic rings. The highest BCUT2D eigenvalue weighted by Gasteiger charge is 2.20. The van der Waals surface area contributed by atoms with Crippen LogP contribution in [-0.4, -0.2) is 46.8 Å². The van der Waals surface area contributed by atoms with Gasteiger partial charge in [0.05, 0.1) is 12.2 Å². The molecule has 0 aliphatic rings. The van der Waals surface area contributed by atoms with Gasteiger partial charge in [0.25, 0.3) is 0 Å². The van der Waals surface area contributed by atoms with Gasteiger partial charge in [0.1, 0.15) is 5.82 Å². The number of aryl methyl sites for hydroxylation is 1. The summed E-state index contributed by atoms with van der Waals surface area (Å²) in [6.07, 6.45) is 0.897. The van der Waals surface area contributed by atoms with Crippen molar-refractivity contribution in [3.8, 4) is 0 Å². The van der Waals surface area contributed by atoms with Crippen molar-refractivity contribution in [1.29, 1.82) is 0 Å². The van der Waals surface area contributed by atoms with Gasteiger partial charge in [-0.15, -0.1) is 0 Å². The predicted molar refractivity (Wildman–Crippen MR) is 106 cm³/mol. The van der Waals surface area contributed by atoms with Crippen LogP contribution in [0.4, 0.5) is 5.82 Å². The van der Waals surface area contributed by atoms with Crippen molar-refractivity contribution in [1.82, 2.24) is 14.7 Å². The molecule has 0 aliphatic heterocycles. The van der Waals surface area contributed by atoms with Crippen LogP contribution in [0.3, 0.4) is 0 Å². The predicted octanol–water partition coefficient (Wildman–Crippen LogP) is 2.16. The lowest BCUT2D eigenvalue weighted by Crippen LogP contribution is -2.38. The summed E-state index contributed by atoms with van der Waals surface area (Å²) >= 11 is 0. The molecule has 3 N–H and O–H groups in total. The lowest BCUT2D eigenvalue weighted by Gasteiger charge is -2.21. The number of nitrogens with two attached hydrogens (primary N) is 1. The Hall–Kier alpha value is -2.18. The van der Waals surface area contributed by atoms with Crippen molar-refractivity contribution in [2.75, 3.05) is 31.5 Å². The van der Waals surface area contributed by atoms with E-state index in [-0.39, 0.29) is 11.3 Å². The van der Waals surface area contributed by atoms with Crippen LogP contribution in [0.2, 0.25) is 0 Å². The van der Waals surface area contributed by atoms with Gasteiger partial charge in [0.2, 0.25) is 5.91 Å². The summed E-state index contributed by atoms with van der Waals surface area (Å²) in [5.74, 6) is 0.672. The largest absolute Gasteiger partial charge is 0.329 e. The maximum Gasteiger partial charge on any atom is 0.239 e. The summed E-state index contributed by atoms with van der Waals surface area (Å²) in [5.41, 5.74) is 7.88. The zero-order valence-electron chi connectivity index (χ0n) is 16.3. The van der Waals surface area contributed by atoms with Crippen LogP contribution in [0.5, 0.6) is 0 Å². The van der Waals surface area contributed by atoms with Crippen molar-refractivity contribution in [3.63, 3.8) is 0 Å². The summed E-state index contributed by atoms with van der Waals surface area (Å²) < 4.78 is 1.72. The van der Waals surface area contributed by atoms with Gasteiger partial charge in [-0.1, -0.05) is 51.1 Å². The number of anilines is 1. The second-order valence-corrected chi connectivity index (χ2v) is 7.64. The van der Waals surface area contributed by atoms with Crippen LogP contribution < -0.4 is 11.1 Å². The Bertz CT molecular complexity index is 703. The number of hydrogen-bond acceptors (Lipinski definition) is 4. The van der Waals surface area contributed by atoms with Gasteiger partial charge in [-0.05, 0) is 12.0 Å². The van der Waals surface area contributed by atoms with Crippen molar-refractivity contribution >= 4 is 11.7 Å². The molecule has 1 amide bonds. The van der Waals surface area contributed by atoms with Crippen molar-refractivity contribution < 1.29 is 4.79 Å². The van der Waals surface area contributed by atoms with Crippen LogP contribution in [0, 0.1) is 0 Å². The molecule has 1 heterocycles. The maximum atomic E-state index is 12.5. The average molecular weight is 358 g/mol. The minimum absolute atomic E-state index is 0.0463. The van der Waals surface area contributed by atoms with Gasteiger partial charge in [0, 0.05) is 38.2 Å². The van der Waals surface area contributed by atoms with Gasteiger partial charge < -0.3 is 11.1 Å². The van der Waals surface area contributed by atoms with Crippen LogP contribution in [0.25, 0.3) is 0 Å². The molecule has 26 heavy (non-hydrogen) atoms. The Balaban J connectivity index is 1.94. The Morgan fingerprint density at radius 1 is 1.23 bits per heavy atom. The third kappa shape index (κ3) is 5.97. The maximum absolute atomic E-state index is 12.5. The van der Waals surface area contributed by atoms with Gasteiger partial charge in [-0.3, -0.25) is 14.4 Å². The van der Waals surface area contributed by atoms with Crippen LogP contribution >= 0.6 is 0 Å². The van der Waals surface area contributed by atoms with Crippen molar-refractivity contribution in [2.45, 2.75) is 32.6 Å². The highest BCUT2D eigenvalue weighted by Crippen LogP contribution is 2.23. The van der Waals surface area contributed by atoms with Crippen LogP contribution in [0.1, 0.15) is 32.0 Å². The zero-order chi connectivity index (χ0) is 19.2. The fraction of sp³-hybridized carbons (Fsp3) is 0.500. The summed E-state index contributed by atoms with van der Waals surface area (Å²) in [6.45, 7) is 8.66. The summed E-state index contributed by atoms with van der Waals surface area (Å²) in [6, 6.07) is 12.2. The van der Waals surface area contributed by atoms with Crippen LogP contribution in [-0.2, 0) is 23.7 Å². The Kier molecular flexibility index (Phi) is 6.94. The van der Waals surface area contributed by atoms with E-state index < -0.39 is 0 Å². The van der Waals surface area contributed by atoms with E-state index in [1.165, 1.54) is 5.56 Å². The Morgan fingerprint density at radius 3 is 2.50 bits per heavy atom. The summed E-state index contributed by atoms with van der Waals surface area (Å²) in [7, 11) is 1.85. The van der Waals surface area contributed by atoms with Crippen LogP contribution in [0.15, 0.2) is 36.4 Å². The van der Waals surface area contributed by atoms with E-state index in [1.807, 2.05) is 31.3 Å². The second kappa shape index (κ2) is 8.96. The Labute approximate surface area is 156 Å². The third-order valence-corrected chi connectivity index (χ3v) is 4.29. The first-order chi connectivity index (χ1) is 12.3. The highest BCUT2D eigenvalue weighted by atomic mass is 16.2. The van der Waals surface area contributed by atoms with Gasteiger partial charge in [-0.25, -0.2) is 0 Å². The third-order valence-electron chi connectivity index (χ3n) is 4.29. The lowest BCUT2D eigenvalue weighted by molar-refractivity contribution is -0.117. The zero-order valence-corrected chi connectivity index (χ0v) is 16.3.